The number of alkyl halides is 2. The summed E-state index contributed by atoms with van der Waals surface area (Å²) in [6.07, 6.45) is -4.24. The Kier molecular flexibility index (Phi) is 3.99. The molecule has 0 heterocycles. The van der Waals surface area contributed by atoms with Crippen LogP contribution in [0.2, 0.25) is 5.02 Å². The van der Waals surface area contributed by atoms with Gasteiger partial charge in [0.05, 0.1) is 9.95 Å². The third kappa shape index (κ3) is 3.02. The van der Waals surface area contributed by atoms with Crippen LogP contribution in [0.1, 0.15) is 0 Å². The van der Waals surface area contributed by atoms with Crippen LogP contribution < -0.4 is 16.0 Å². The number of carbonyl (C=O) groups is 1. The lowest BCUT2D eigenvalue weighted by molar-refractivity contribution is -0.384. The molecule has 1 rings (SSSR count). The van der Waals surface area contributed by atoms with Crippen LogP contribution in [0, 0.1) is 10.1 Å². The van der Waals surface area contributed by atoms with E-state index < -0.39 is 33.4 Å². The Hall–Kier alpha value is -2.00. The van der Waals surface area contributed by atoms with Gasteiger partial charge in [-0.3, -0.25) is 20.3 Å². The third-order valence-electron chi connectivity index (χ3n) is 1.76. The summed E-state index contributed by atoms with van der Waals surface area (Å²) in [7, 11) is 0. The molecule has 98 valence electrons. The van der Waals surface area contributed by atoms with Crippen molar-refractivity contribution in [2.75, 3.05) is 0 Å². The lowest BCUT2D eigenvalue weighted by Crippen LogP contribution is -2.47. The second-order valence-corrected chi connectivity index (χ2v) is 3.37. The average molecular weight is 282 g/mol. The molecule has 0 saturated heterocycles. The van der Waals surface area contributed by atoms with Crippen molar-refractivity contribution in [2.45, 2.75) is 6.11 Å². The number of carbonyl (C=O) groups excluding carboxylic acids is 1. The number of rotatable bonds is 4. The van der Waals surface area contributed by atoms with Gasteiger partial charge in [-0.15, -0.1) is 0 Å². The van der Waals surface area contributed by atoms with Crippen LogP contribution in [-0.2, 0) is 4.79 Å². The van der Waals surface area contributed by atoms with Crippen LogP contribution in [0.5, 0.6) is 5.75 Å². The van der Waals surface area contributed by atoms with E-state index in [0.29, 0.717) is 0 Å². The molecule has 0 atom stereocenters. The topological polar surface area (TPSA) is 107 Å². The minimum Gasteiger partial charge on any atom is -0.424 e. The minimum absolute atomic E-state index is 0.404. The molecule has 18 heavy (non-hydrogen) atoms. The molecular formula is C8H6ClF2N3O4. The van der Waals surface area contributed by atoms with Crippen molar-refractivity contribution in [3.8, 4) is 5.75 Å². The van der Waals surface area contributed by atoms with Gasteiger partial charge in [-0.2, -0.15) is 8.78 Å². The Balaban J connectivity index is 2.99. The zero-order chi connectivity index (χ0) is 13.9. The van der Waals surface area contributed by atoms with Crippen molar-refractivity contribution in [3.05, 3.63) is 33.3 Å². The predicted octanol–water partition coefficient (Wildman–Crippen LogP) is 1.21. The fourth-order valence-electron chi connectivity index (χ4n) is 0.955. The second-order valence-electron chi connectivity index (χ2n) is 2.96. The highest BCUT2D eigenvalue weighted by Gasteiger charge is 2.42. The van der Waals surface area contributed by atoms with Gasteiger partial charge in [-0.1, -0.05) is 11.6 Å². The highest BCUT2D eigenvalue weighted by atomic mass is 35.5. The summed E-state index contributed by atoms with van der Waals surface area (Å²) in [6.45, 7) is 0. The SMILES string of the molecule is NNC(=O)C(F)(F)Oc1ccc([N+](=O)[O-])cc1Cl. The van der Waals surface area contributed by atoms with Gasteiger partial charge in [0.1, 0.15) is 5.75 Å². The lowest BCUT2D eigenvalue weighted by Gasteiger charge is -2.16. The monoisotopic (exact) mass is 281 g/mol. The maximum absolute atomic E-state index is 13.0. The molecule has 0 fully saturated rings. The maximum atomic E-state index is 13.0. The Morgan fingerprint density at radius 2 is 2.17 bits per heavy atom. The molecule has 0 aliphatic heterocycles. The molecule has 0 aliphatic carbocycles. The summed E-state index contributed by atoms with van der Waals surface area (Å²) in [4.78, 5) is 20.3. The standard InChI is InChI=1S/C8H6ClF2N3O4/c9-5-3-4(14(16)17)1-2-6(5)18-8(10,11)7(15)13-12/h1-3H,12H2,(H,13,15). The number of amides is 1. The minimum atomic E-state index is -4.24. The fraction of sp³-hybridized carbons (Fsp3) is 0.125. The molecule has 1 aromatic rings. The summed E-state index contributed by atoms with van der Waals surface area (Å²) in [5.74, 6) is 2.07. The Labute approximate surface area is 104 Å². The van der Waals surface area contributed by atoms with Crippen molar-refractivity contribution in [2.24, 2.45) is 5.84 Å². The molecule has 0 aliphatic rings. The van der Waals surface area contributed by atoms with E-state index in [9.17, 15) is 23.7 Å². The number of hydrogen-bond acceptors (Lipinski definition) is 5. The number of nitrogens with two attached hydrogens (primary N) is 1. The van der Waals surface area contributed by atoms with Crippen molar-refractivity contribution in [1.29, 1.82) is 0 Å². The molecule has 3 N–H and O–H groups in total. The van der Waals surface area contributed by atoms with Gasteiger partial charge in [0.2, 0.25) is 0 Å². The quantitative estimate of drug-likeness (QED) is 0.373. The number of nitrogens with zero attached hydrogens (tertiary/aromatic N) is 1. The number of nitro groups is 1. The van der Waals surface area contributed by atoms with Crippen LogP contribution in [-0.4, -0.2) is 16.9 Å². The van der Waals surface area contributed by atoms with E-state index in [1.54, 1.807) is 0 Å². The number of ether oxygens (including phenoxy) is 1. The van der Waals surface area contributed by atoms with Gasteiger partial charge in [0, 0.05) is 12.1 Å². The van der Waals surface area contributed by atoms with Gasteiger partial charge in [0.15, 0.2) is 0 Å². The van der Waals surface area contributed by atoms with E-state index >= 15 is 0 Å². The summed E-state index contributed by atoms with van der Waals surface area (Å²) in [5, 5.41) is 9.95. The molecule has 0 spiro atoms. The number of non-ortho nitro benzene ring substituents is 1. The largest absolute Gasteiger partial charge is 0.483 e. The first-order valence-corrected chi connectivity index (χ1v) is 4.67. The Morgan fingerprint density at radius 3 is 2.61 bits per heavy atom. The van der Waals surface area contributed by atoms with Gasteiger partial charge < -0.3 is 4.74 Å². The van der Waals surface area contributed by atoms with Crippen LogP contribution in [0.25, 0.3) is 0 Å². The van der Waals surface area contributed by atoms with Gasteiger partial charge in [0.25, 0.3) is 5.69 Å². The van der Waals surface area contributed by atoms with Crippen molar-refractivity contribution in [3.63, 3.8) is 0 Å². The summed E-state index contributed by atoms with van der Waals surface area (Å²) in [5.41, 5.74) is 0.806. The molecule has 0 bridgehead atoms. The highest BCUT2D eigenvalue weighted by Crippen LogP contribution is 2.32. The second kappa shape index (κ2) is 5.10. The lowest BCUT2D eigenvalue weighted by atomic mass is 10.3. The van der Waals surface area contributed by atoms with Crippen LogP contribution in [0.4, 0.5) is 14.5 Å². The van der Waals surface area contributed by atoms with E-state index in [1.807, 2.05) is 0 Å². The zero-order valence-electron chi connectivity index (χ0n) is 8.52. The first-order chi connectivity index (χ1) is 8.27. The van der Waals surface area contributed by atoms with Crippen LogP contribution in [0.15, 0.2) is 18.2 Å². The Morgan fingerprint density at radius 1 is 1.56 bits per heavy atom. The number of hydrogen-bond donors (Lipinski definition) is 2. The van der Waals surface area contributed by atoms with Gasteiger partial charge in [-0.25, -0.2) is 5.84 Å². The molecular weight excluding hydrogens is 276 g/mol. The molecule has 0 aromatic heterocycles. The Bertz CT molecular complexity index is 497. The third-order valence-corrected chi connectivity index (χ3v) is 2.06. The number of hydrazine groups is 1. The number of nitrogens with one attached hydrogen (secondary N) is 1. The average Bonchev–Trinajstić information content (AvgIpc) is 2.30. The van der Waals surface area contributed by atoms with E-state index in [2.05, 4.69) is 10.6 Å². The summed E-state index contributed by atoms with van der Waals surface area (Å²) in [6, 6.07) is 2.56. The van der Waals surface area contributed by atoms with Crippen LogP contribution >= 0.6 is 11.6 Å². The summed E-state index contributed by atoms with van der Waals surface area (Å²) < 4.78 is 30.1. The number of halogens is 3. The first kappa shape index (κ1) is 14.1. The van der Waals surface area contributed by atoms with Crippen LogP contribution in [0.3, 0.4) is 0 Å². The molecule has 1 amide bonds. The fourth-order valence-corrected chi connectivity index (χ4v) is 1.17. The first-order valence-electron chi connectivity index (χ1n) is 4.29. The molecule has 0 saturated carbocycles. The molecule has 1 aromatic carbocycles. The molecule has 0 unspecified atom stereocenters. The molecule has 7 nitrogen and oxygen atoms in total. The van der Waals surface area contributed by atoms with Crippen molar-refractivity contribution < 1.29 is 23.2 Å². The van der Waals surface area contributed by atoms with E-state index in [-0.39, 0.29) is 0 Å². The maximum Gasteiger partial charge on any atom is 0.483 e. The summed E-state index contributed by atoms with van der Waals surface area (Å²) >= 11 is 5.50. The van der Waals surface area contributed by atoms with E-state index in [0.717, 1.165) is 18.2 Å². The molecule has 10 heteroatoms. The van der Waals surface area contributed by atoms with E-state index in [4.69, 9.17) is 11.6 Å². The normalized spacial score (nSPS) is 10.9. The van der Waals surface area contributed by atoms with Gasteiger partial charge in [-0.05, 0) is 6.07 Å². The van der Waals surface area contributed by atoms with Gasteiger partial charge >= 0.3 is 12.0 Å². The zero-order valence-corrected chi connectivity index (χ0v) is 9.28. The van der Waals surface area contributed by atoms with E-state index in [1.165, 1.54) is 5.43 Å². The number of nitro benzene ring substituents is 1. The highest BCUT2D eigenvalue weighted by molar-refractivity contribution is 6.32. The van der Waals surface area contributed by atoms with Crippen molar-refractivity contribution in [1.82, 2.24) is 5.43 Å². The number of benzene rings is 1. The van der Waals surface area contributed by atoms with Crippen molar-refractivity contribution >= 4 is 23.2 Å². The predicted molar refractivity (Wildman–Crippen MR) is 56.0 cm³/mol. The smallest absolute Gasteiger partial charge is 0.424 e. The molecule has 0 radical (unpaired) electrons.